The van der Waals surface area contributed by atoms with Gasteiger partial charge in [-0.05, 0) is 24.5 Å². The summed E-state index contributed by atoms with van der Waals surface area (Å²) in [6, 6.07) is 4.05. The number of ether oxygens (including phenoxy) is 1. The standard InChI is InChI=1S/C14H20N2O5S/c1-10-6-7-15(9-14(10)21-2)12-5-4-11(22(3,19)20)8-13(12)16(17)18/h4-5,8,10,14H,6-7,9H2,1-3H3. The Hall–Kier alpha value is -1.67. The molecule has 0 saturated carbocycles. The van der Waals surface area contributed by atoms with Crippen LogP contribution in [0.4, 0.5) is 11.4 Å². The molecule has 0 N–H and O–H groups in total. The van der Waals surface area contributed by atoms with Crippen molar-refractivity contribution in [3.8, 4) is 0 Å². The predicted octanol–water partition coefficient (Wildman–Crippen LogP) is 1.86. The molecule has 1 saturated heterocycles. The Morgan fingerprint density at radius 1 is 1.41 bits per heavy atom. The zero-order valence-corrected chi connectivity index (χ0v) is 13.7. The van der Waals surface area contributed by atoms with Crippen molar-refractivity contribution in [1.29, 1.82) is 0 Å². The van der Waals surface area contributed by atoms with E-state index >= 15 is 0 Å². The van der Waals surface area contributed by atoms with Gasteiger partial charge < -0.3 is 9.64 Å². The number of methoxy groups -OCH3 is 1. The van der Waals surface area contributed by atoms with Crippen LogP contribution in [0.25, 0.3) is 0 Å². The number of hydrogen-bond donors (Lipinski definition) is 0. The van der Waals surface area contributed by atoms with Crippen LogP contribution >= 0.6 is 0 Å². The molecule has 0 aromatic heterocycles. The van der Waals surface area contributed by atoms with E-state index in [1.54, 1.807) is 7.11 Å². The number of benzene rings is 1. The Morgan fingerprint density at radius 2 is 2.09 bits per heavy atom. The largest absolute Gasteiger partial charge is 0.379 e. The molecule has 1 fully saturated rings. The molecule has 0 radical (unpaired) electrons. The van der Waals surface area contributed by atoms with Crippen LogP contribution in [0.15, 0.2) is 23.1 Å². The highest BCUT2D eigenvalue weighted by atomic mass is 32.2. The summed E-state index contributed by atoms with van der Waals surface area (Å²) in [6.45, 7) is 3.32. The third kappa shape index (κ3) is 3.38. The van der Waals surface area contributed by atoms with Gasteiger partial charge in [0, 0.05) is 32.5 Å². The van der Waals surface area contributed by atoms with E-state index in [4.69, 9.17) is 4.74 Å². The van der Waals surface area contributed by atoms with Gasteiger partial charge in [0.15, 0.2) is 9.84 Å². The summed E-state index contributed by atoms with van der Waals surface area (Å²) in [5.41, 5.74) is 0.249. The second-order valence-corrected chi connectivity index (χ2v) is 7.68. The van der Waals surface area contributed by atoms with Gasteiger partial charge in [0.25, 0.3) is 5.69 Å². The third-order valence-corrected chi connectivity index (χ3v) is 5.21. The van der Waals surface area contributed by atoms with Crippen LogP contribution in [0.1, 0.15) is 13.3 Å². The minimum absolute atomic E-state index is 0.00272. The first-order valence-electron chi connectivity index (χ1n) is 7.00. The van der Waals surface area contributed by atoms with Gasteiger partial charge in [-0.15, -0.1) is 0 Å². The predicted molar refractivity (Wildman–Crippen MR) is 83.0 cm³/mol. The highest BCUT2D eigenvalue weighted by Gasteiger charge is 2.30. The van der Waals surface area contributed by atoms with Gasteiger partial charge in [0.1, 0.15) is 5.69 Å². The first-order valence-corrected chi connectivity index (χ1v) is 8.89. The van der Waals surface area contributed by atoms with Gasteiger partial charge in [-0.1, -0.05) is 6.92 Å². The Morgan fingerprint density at radius 3 is 2.64 bits per heavy atom. The first kappa shape index (κ1) is 16.7. The fraction of sp³-hybridized carbons (Fsp3) is 0.571. The van der Waals surface area contributed by atoms with Gasteiger partial charge in [-0.2, -0.15) is 0 Å². The summed E-state index contributed by atoms with van der Waals surface area (Å²) in [5, 5.41) is 11.3. The Kier molecular flexibility index (Phi) is 4.72. The Labute approximate surface area is 129 Å². The van der Waals surface area contributed by atoms with Crippen molar-refractivity contribution in [2.75, 3.05) is 31.4 Å². The highest BCUT2D eigenvalue weighted by molar-refractivity contribution is 7.90. The van der Waals surface area contributed by atoms with Gasteiger partial charge in [0.2, 0.25) is 0 Å². The number of anilines is 1. The van der Waals surface area contributed by atoms with Crippen molar-refractivity contribution < 1.29 is 18.1 Å². The normalized spacial score (nSPS) is 22.6. The summed E-state index contributed by atoms with van der Waals surface area (Å²) in [5.74, 6) is 0.385. The molecular formula is C14H20N2O5S. The summed E-state index contributed by atoms with van der Waals surface area (Å²) < 4.78 is 28.6. The molecule has 1 aromatic rings. The lowest BCUT2D eigenvalue weighted by Crippen LogP contribution is -2.44. The molecule has 0 amide bonds. The van der Waals surface area contributed by atoms with E-state index in [1.807, 2.05) is 4.90 Å². The van der Waals surface area contributed by atoms with Crippen molar-refractivity contribution in [1.82, 2.24) is 0 Å². The number of rotatable bonds is 4. The Balaban J connectivity index is 2.41. The highest BCUT2D eigenvalue weighted by Crippen LogP contribution is 2.33. The minimum atomic E-state index is -3.48. The molecule has 0 bridgehead atoms. The second-order valence-electron chi connectivity index (χ2n) is 5.67. The van der Waals surface area contributed by atoms with E-state index in [1.165, 1.54) is 12.1 Å². The summed E-state index contributed by atoms with van der Waals surface area (Å²) in [6.07, 6.45) is 1.90. The molecule has 1 aromatic carbocycles. The number of piperidine rings is 1. The lowest BCUT2D eigenvalue weighted by atomic mass is 9.95. The Bertz CT molecular complexity index is 674. The number of hydrogen-bond acceptors (Lipinski definition) is 6. The van der Waals surface area contributed by atoms with E-state index in [-0.39, 0.29) is 16.7 Å². The molecule has 122 valence electrons. The summed E-state index contributed by atoms with van der Waals surface area (Å²) >= 11 is 0. The van der Waals surface area contributed by atoms with Crippen LogP contribution in [0.2, 0.25) is 0 Å². The van der Waals surface area contributed by atoms with Crippen molar-refractivity contribution in [3.63, 3.8) is 0 Å². The first-order chi connectivity index (χ1) is 10.2. The van der Waals surface area contributed by atoms with Crippen LogP contribution in [-0.2, 0) is 14.6 Å². The average molecular weight is 328 g/mol. The molecule has 0 aliphatic carbocycles. The molecule has 0 spiro atoms. The molecular weight excluding hydrogens is 308 g/mol. The van der Waals surface area contributed by atoms with Crippen molar-refractivity contribution in [2.24, 2.45) is 5.92 Å². The second kappa shape index (κ2) is 6.21. The number of nitro groups is 1. The minimum Gasteiger partial charge on any atom is -0.379 e. The maximum atomic E-state index is 11.6. The SMILES string of the molecule is COC1CN(c2ccc(S(C)(=O)=O)cc2[N+](=O)[O-])CCC1C. The van der Waals surface area contributed by atoms with Crippen LogP contribution in [0, 0.1) is 16.0 Å². The lowest BCUT2D eigenvalue weighted by molar-refractivity contribution is -0.384. The van der Waals surface area contributed by atoms with Crippen LogP contribution in [0.5, 0.6) is 0 Å². The van der Waals surface area contributed by atoms with Gasteiger partial charge in [0.05, 0.1) is 15.9 Å². The topological polar surface area (TPSA) is 89.8 Å². The molecule has 2 atom stereocenters. The van der Waals surface area contributed by atoms with Gasteiger partial charge in [-0.25, -0.2) is 8.42 Å². The van der Waals surface area contributed by atoms with Crippen molar-refractivity contribution >= 4 is 21.2 Å². The zero-order chi connectivity index (χ0) is 16.5. The maximum absolute atomic E-state index is 11.6. The van der Waals surface area contributed by atoms with E-state index < -0.39 is 14.8 Å². The van der Waals surface area contributed by atoms with E-state index in [0.717, 1.165) is 18.7 Å². The van der Waals surface area contributed by atoms with Crippen molar-refractivity contribution in [3.05, 3.63) is 28.3 Å². The third-order valence-electron chi connectivity index (χ3n) is 4.10. The summed E-state index contributed by atoms with van der Waals surface area (Å²) in [7, 11) is -1.85. The zero-order valence-electron chi connectivity index (χ0n) is 12.9. The average Bonchev–Trinajstić information content (AvgIpc) is 2.46. The van der Waals surface area contributed by atoms with E-state index in [9.17, 15) is 18.5 Å². The lowest BCUT2D eigenvalue weighted by Gasteiger charge is -2.37. The smallest absolute Gasteiger partial charge is 0.293 e. The molecule has 2 rings (SSSR count). The molecule has 8 heteroatoms. The molecule has 7 nitrogen and oxygen atoms in total. The number of sulfone groups is 1. The molecule has 1 aliphatic rings. The monoisotopic (exact) mass is 328 g/mol. The van der Waals surface area contributed by atoms with Crippen LogP contribution in [-0.4, -0.2) is 45.9 Å². The van der Waals surface area contributed by atoms with Gasteiger partial charge >= 0.3 is 0 Å². The van der Waals surface area contributed by atoms with E-state index in [2.05, 4.69) is 6.92 Å². The number of nitrogens with zero attached hydrogens (tertiary/aromatic N) is 2. The summed E-state index contributed by atoms with van der Waals surface area (Å²) in [4.78, 5) is 12.6. The number of nitro benzene ring substituents is 1. The van der Waals surface area contributed by atoms with Crippen LogP contribution < -0.4 is 4.90 Å². The molecule has 1 aliphatic heterocycles. The fourth-order valence-corrected chi connectivity index (χ4v) is 3.35. The van der Waals surface area contributed by atoms with Gasteiger partial charge in [-0.3, -0.25) is 10.1 Å². The van der Waals surface area contributed by atoms with Crippen molar-refractivity contribution in [2.45, 2.75) is 24.3 Å². The molecule has 2 unspecified atom stereocenters. The maximum Gasteiger partial charge on any atom is 0.293 e. The molecule has 22 heavy (non-hydrogen) atoms. The fourth-order valence-electron chi connectivity index (χ4n) is 2.71. The quantitative estimate of drug-likeness (QED) is 0.619. The van der Waals surface area contributed by atoms with E-state index in [0.29, 0.717) is 24.7 Å². The van der Waals surface area contributed by atoms with Crippen LogP contribution in [0.3, 0.4) is 0 Å². The molecule has 1 heterocycles.